The van der Waals surface area contributed by atoms with E-state index in [4.69, 9.17) is 4.74 Å². The zero-order valence-corrected chi connectivity index (χ0v) is 15.1. The van der Waals surface area contributed by atoms with Gasteiger partial charge in [-0.15, -0.1) is 0 Å². The summed E-state index contributed by atoms with van der Waals surface area (Å²) in [6.07, 6.45) is -4.51. The molecule has 1 amide bonds. The van der Waals surface area contributed by atoms with Gasteiger partial charge in [-0.1, -0.05) is 6.07 Å². The molecule has 0 aliphatic carbocycles. The summed E-state index contributed by atoms with van der Waals surface area (Å²) >= 11 is 0. The maximum Gasteiger partial charge on any atom is 0.416 e. The smallest absolute Gasteiger partial charge is 0.378 e. The van der Waals surface area contributed by atoms with E-state index in [1.807, 2.05) is 4.90 Å². The Kier molecular flexibility index (Phi) is 5.68. The van der Waals surface area contributed by atoms with Crippen molar-refractivity contribution in [3.63, 3.8) is 0 Å². The topological polar surface area (TPSA) is 76.5 Å². The third-order valence-corrected chi connectivity index (χ3v) is 4.19. The molecule has 1 N–H and O–H groups in total. The molecule has 2 heterocycles. The minimum atomic E-state index is -4.51. The van der Waals surface area contributed by atoms with Gasteiger partial charge in [0.15, 0.2) is 0 Å². The lowest BCUT2D eigenvalue weighted by Gasteiger charge is -2.29. The highest BCUT2D eigenvalue weighted by molar-refractivity contribution is 5.90. The molecule has 0 unspecified atom stereocenters. The number of aryl methyl sites for hydroxylation is 1. The molecule has 1 aromatic heterocycles. The lowest BCUT2D eigenvalue weighted by atomic mass is 10.2. The number of aromatic nitrogens is 2. The number of benzene rings is 1. The van der Waals surface area contributed by atoms with E-state index in [2.05, 4.69) is 10.3 Å². The van der Waals surface area contributed by atoms with Gasteiger partial charge in [-0.25, -0.2) is 4.98 Å². The molecule has 1 saturated heterocycles. The van der Waals surface area contributed by atoms with E-state index in [-0.39, 0.29) is 12.2 Å². The van der Waals surface area contributed by atoms with Crippen LogP contribution in [0.4, 0.5) is 24.8 Å². The first-order valence-electron chi connectivity index (χ1n) is 8.62. The van der Waals surface area contributed by atoms with Crippen molar-refractivity contribution in [2.24, 2.45) is 0 Å². The van der Waals surface area contributed by atoms with Crippen molar-refractivity contribution in [1.82, 2.24) is 9.55 Å². The van der Waals surface area contributed by atoms with Crippen molar-refractivity contribution in [2.75, 3.05) is 36.5 Å². The number of morpholine rings is 1. The van der Waals surface area contributed by atoms with Gasteiger partial charge in [0.25, 0.3) is 5.56 Å². The number of halogens is 3. The van der Waals surface area contributed by atoms with Gasteiger partial charge in [0.05, 0.1) is 18.8 Å². The van der Waals surface area contributed by atoms with Crippen molar-refractivity contribution in [3.8, 4) is 0 Å². The Hall–Kier alpha value is -2.88. The normalized spacial score (nSPS) is 14.8. The Morgan fingerprint density at radius 1 is 1.25 bits per heavy atom. The van der Waals surface area contributed by atoms with Crippen LogP contribution in [0.25, 0.3) is 0 Å². The molecule has 10 heteroatoms. The van der Waals surface area contributed by atoms with E-state index < -0.39 is 23.2 Å². The Balaban J connectivity index is 1.81. The predicted molar refractivity (Wildman–Crippen MR) is 96.3 cm³/mol. The average molecular weight is 396 g/mol. The van der Waals surface area contributed by atoms with Gasteiger partial charge in [-0.05, 0) is 25.1 Å². The van der Waals surface area contributed by atoms with Crippen molar-refractivity contribution < 1.29 is 22.7 Å². The standard InChI is InChI=1S/C18H19F3N4O3/c1-12-9-16(27)25(17(22-12)24-5-7-28-8-6-24)11-15(26)23-14-4-2-3-13(10-14)18(19,20)21/h2-4,9-10H,5-8,11H2,1H3,(H,23,26). The Bertz CT molecular complexity index is 921. The number of hydrogen-bond acceptors (Lipinski definition) is 5. The largest absolute Gasteiger partial charge is 0.416 e. The number of amides is 1. The highest BCUT2D eigenvalue weighted by atomic mass is 19.4. The summed E-state index contributed by atoms with van der Waals surface area (Å²) in [4.78, 5) is 31.0. The second-order valence-electron chi connectivity index (χ2n) is 6.35. The Labute approximate surface area is 158 Å². The number of anilines is 2. The van der Waals surface area contributed by atoms with Crippen molar-refractivity contribution >= 4 is 17.5 Å². The molecule has 0 radical (unpaired) electrons. The van der Waals surface area contributed by atoms with Crippen molar-refractivity contribution in [2.45, 2.75) is 19.6 Å². The molecule has 1 fully saturated rings. The van der Waals surface area contributed by atoms with Crippen LogP contribution < -0.4 is 15.8 Å². The summed E-state index contributed by atoms with van der Waals surface area (Å²) in [7, 11) is 0. The number of hydrogen-bond donors (Lipinski definition) is 1. The van der Waals surface area contributed by atoms with Crippen LogP contribution in [0.3, 0.4) is 0 Å². The van der Waals surface area contributed by atoms with Crippen LogP contribution in [0.1, 0.15) is 11.3 Å². The van der Waals surface area contributed by atoms with E-state index in [9.17, 15) is 22.8 Å². The van der Waals surface area contributed by atoms with Crippen molar-refractivity contribution in [3.05, 3.63) is 51.9 Å². The molecule has 150 valence electrons. The van der Waals surface area contributed by atoms with Gasteiger partial charge in [0.1, 0.15) is 6.54 Å². The van der Waals surface area contributed by atoms with E-state index in [1.54, 1.807) is 6.92 Å². The number of ether oxygens (including phenoxy) is 1. The number of carbonyl (C=O) groups excluding carboxylic acids is 1. The molecular formula is C18H19F3N4O3. The molecule has 0 spiro atoms. The number of rotatable bonds is 4. The molecule has 28 heavy (non-hydrogen) atoms. The number of nitrogens with one attached hydrogen (secondary N) is 1. The molecular weight excluding hydrogens is 377 g/mol. The van der Waals surface area contributed by atoms with Crippen LogP contribution >= 0.6 is 0 Å². The van der Waals surface area contributed by atoms with Crippen LogP contribution in [-0.2, 0) is 22.3 Å². The molecule has 0 saturated carbocycles. The molecule has 2 aromatic rings. The van der Waals surface area contributed by atoms with E-state index >= 15 is 0 Å². The SMILES string of the molecule is Cc1cc(=O)n(CC(=O)Nc2cccc(C(F)(F)F)c2)c(N2CCOCC2)n1. The van der Waals surface area contributed by atoms with Crippen LogP contribution in [0.15, 0.2) is 35.1 Å². The molecule has 0 atom stereocenters. The molecule has 1 aromatic carbocycles. The number of carbonyl (C=O) groups is 1. The molecule has 1 aliphatic heterocycles. The average Bonchev–Trinajstić information content (AvgIpc) is 2.64. The Morgan fingerprint density at radius 3 is 2.64 bits per heavy atom. The van der Waals surface area contributed by atoms with E-state index in [0.29, 0.717) is 37.9 Å². The highest BCUT2D eigenvalue weighted by Crippen LogP contribution is 2.30. The summed E-state index contributed by atoms with van der Waals surface area (Å²) in [6.45, 7) is 3.30. The third-order valence-electron chi connectivity index (χ3n) is 4.19. The predicted octanol–water partition coefficient (Wildman–Crippen LogP) is 2.05. The van der Waals surface area contributed by atoms with Crippen LogP contribution in [-0.4, -0.2) is 41.8 Å². The fourth-order valence-electron chi connectivity index (χ4n) is 2.88. The first-order chi connectivity index (χ1) is 13.2. The van der Waals surface area contributed by atoms with Gasteiger partial charge >= 0.3 is 6.18 Å². The molecule has 3 rings (SSSR count). The first kappa shape index (κ1) is 19.9. The maximum atomic E-state index is 12.8. The summed E-state index contributed by atoms with van der Waals surface area (Å²) < 4.78 is 45.0. The second-order valence-corrected chi connectivity index (χ2v) is 6.35. The summed E-state index contributed by atoms with van der Waals surface area (Å²) in [5.41, 5.74) is -0.761. The van der Waals surface area contributed by atoms with Crippen LogP contribution in [0, 0.1) is 6.92 Å². The monoisotopic (exact) mass is 396 g/mol. The molecule has 1 aliphatic rings. The number of nitrogens with zero attached hydrogens (tertiary/aromatic N) is 3. The Morgan fingerprint density at radius 2 is 1.96 bits per heavy atom. The minimum absolute atomic E-state index is 0.000803. The lowest BCUT2D eigenvalue weighted by Crippen LogP contribution is -2.41. The number of alkyl halides is 3. The quantitative estimate of drug-likeness (QED) is 0.856. The van der Waals surface area contributed by atoms with E-state index in [1.165, 1.54) is 22.8 Å². The summed E-state index contributed by atoms with van der Waals surface area (Å²) in [5.74, 6) is -0.283. The molecule has 0 bridgehead atoms. The maximum absolute atomic E-state index is 12.8. The van der Waals surface area contributed by atoms with Crippen LogP contribution in [0.5, 0.6) is 0 Å². The lowest BCUT2D eigenvalue weighted by molar-refractivity contribution is -0.137. The van der Waals surface area contributed by atoms with Gasteiger partial charge < -0.3 is 15.0 Å². The summed E-state index contributed by atoms with van der Waals surface area (Å²) in [5, 5.41) is 2.41. The zero-order chi connectivity index (χ0) is 20.3. The van der Waals surface area contributed by atoms with Crippen LogP contribution in [0.2, 0.25) is 0 Å². The minimum Gasteiger partial charge on any atom is -0.378 e. The third kappa shape index (κ3) is 4.69. The van der Waals surface area contributed by atoms with Gasteiger partial charge in [-0.3, -0.25) is 14.2 Å². The van der Waals surface area contributed by atoms with Crippen molar-refractivity contribution in [1.29, 1.82) is 0 Å². The highest BCUT2D eigenvalue weighted by Gasteiger charge is 2.30. The van der Waals surface area contributed by atoms with Gasteiger partial charge in [0, 0.05) is 30.5 Å². The molecule has 7 nitrogen and oxygen atoms in total. The van der Waals surface area contributed by atoms with E-state index in [0.717, 1.165) is 12.1 Å². The summed E-state index contributed by atoms with van der Waals surface area (Å²) in [6, 6.07) is 5.63. The van der Waals surface area contributed by atoms with Gasteiger partial charge in [0.2, 0.25) is 11.9 Å². The van der Waals surface area contributed by atoms with Gasteiger partial charge in [-0.2, -0.15) is 13.2 Å². The zero-order valence-electron chi connectivity index (χ0n) is 15.1. The fourth-order valence-corrected chi connectivity index (χ4v) is 2.88. The first-order valence-corrected chi connectivity index (χ1v) is 8.62. The fraction of sp³-hybridized carbons (Fsp3) is 0.389. The second kappa shape index (κ2) is 8.01.